The van der Waals surface area contributed by atoms with Crippen molar-refractivity contribution in [3.63, 3.8) is 0 Å². The van der Waals surface area contributed by atoms with Gasteiger partial charge in [0.05, 0.1) is 5.92 Å². The summed E-state index contributed by atoms with van der Waals surface area (Å²) in [5, 5.41) is 9.31. The Hall–Kier alpha value is -0.860. The summed E-state index contributed by atoms with van der Waals surface area (Å²) in [7, 11) is 0. The van der Waals surface area contributed by atoms with Crippen LogP contribution in [0, 0.1) is 45.8 Å². The highest BCUT2D eigenvalue weighted by Crippen LogP contribution is 2.69. The van der Waals surface area contributed by atoms with E-state index in [2.05, 4.69) is 34.6 Å². The predicted octanol–water partition coefficient (Wildman–Crippen LogP) is 5.96. The van der Waals surface area contributed by atoms with Crippen LogP contribution in [0.5, 0.6) is 0 Å². The monoisotopic (exact) mass is 376 g/mol. The van der Waals surface area contributed by atoms with E-state index in [0.29, 0.717) is 35.4 Å². The molecule has 0 saturated heterocycles. The van der Waals surface area contributed by atoms with Crippen molar-refractivity contribution >= 4 is 11.8 Å². The molecule has 0 amide bonds. The molecule has 7 unspecified atom stereocenters. The van der Waals surface area contributed by atoms with Gasteiger partial charge in [-0.3, -0.25) is 9.59 Å². The first-order chi connectivity index (χ1) is 12.4. The third-order valence-corrected chi connectivity index (χ3v) is 9.54. The quantitative estimate of drug-likeness (QED) is 0.658. The number of fused-ring (bicyclic) bond motifs is 3. The lowest BCUT2D eigenvalue weighted by Crippen LogP contribution is -2.60. The number of rotatable bonds is 4. The number of carboxylic acids is 1. The minimum atomic E-state index is -0.712. The maximum Gasteiger partial charge on any atom is 0.306 e. The van der Waals surface area contributed by atoms with Gasteiger partial charge in [0.1, 0.15) is 5.78 Å². The van der Waals surface area contributed by atoms with Crippen LogP contribution in [-0.2, 0) is 9.59 Å². The highest BCUT2D eigenvalue weighted by Gasteiger charge is 2.62. The van der Waals surface area contributed by atoms with Crippen LogP contribution in [0.25, 0.3) is 0 Å². The fourth-order valence-corrected chi connectivity index (χ4v) is 7.91. The molecule has 154 valence electrons. The van der Waals surface area contributed by atoms with E-state index < -0.39 is 5.97 Å². The van der Waals surface area contributed by atoms with Gasteiger partial charge in [-0.05, 0) is 72.5 Å². The number of Topliss-reactive ketones (excluding diaryl/α,β-unsaturated/α-hetero) is 1. The lowest BCUT2D eigenvalue weighted by molar-refractivity contribution is -0.180. The Morgan fingerprint density at radius 1 is 1.11 bits per heavy atom. The average molecular weight is 377 g/mol. The van der Waals surface area contributed by atoms with Crippen molar-refractivity contribution in [3.05, 3.63) is 0 Å². The van der Waals surface area contributed by atoms with Crippen LogP contribution in [0.4, 0.5) is 0 Å². The van der Waals surface area contributed by atoms with Crippen LogP contribution in [0.3, 0.4) is 0 Å². The normalized spacial score (nSPS) is 44.9. The van der Waals surface area contributed by atoms with E-state index in [1.54, 1.807) is 6.92 Å². The Kier molecular flexibility index (Phi) is 5.32. The van der Waals surface area contributed by atoms with Crippen LogP contribution in [0.2, 0.25) is 0 Å². The van der Waals surface area contributed by atoms with E-state index in [9.17, 15) is 14.7 Å². The van der Waals surface area contributed by atoms with Crippen molar-refractivity contribution in [1.82, 2.24) is 0 Å². The Balaban J connectivity index is 1.92. The smallest absolute Gasteiger partial charge is 0.306 e. The fraction of sp³-hybridized carbons (Fsp3) is 0.917. The summed E-state index contributed by atoms with van der Waals surface area (Å²) in [5.41, 5.74) is 0.791. The van der Waals surface area contributed by atoms with Crippen LogP contribution in [-0.4, -0.2) is 16.9 Å². The Morgan fingerprint density at radius 3 is 2.41 bits per heavy atom. The number of aliphatic carboxylic acids is 1. The molecule has 3 rings (SSSR count). The third kappa shape index (κ3) is 3.27. The largest absolute Gasteiger partial charge is 0.481 e. The minimum Gasteiger partial charge on any atom is -0.481 e. The highest BCUT2D eigenvalue weighted by molar-refractivity contribution is 5.82. The molecule has 0 heterocycles. The Labute approximate surface area is 165 Å². The summed E-state index contributed by atoms with van der Waals surface area (Å²) < 4.78 is 0. The molecule has 3 fully saturated rings. The highest BCUT2D eigenvalue weighted by atomic mass is 16.4. The maximum atomic E-state index is 13.0. The van der Waals surface area contributed by atoms with Gasteiger partial charge in [0.2, 0.25) is 0 Å². The van der Waals surface area contributed by atoms with Gasteiger partial charge in [0, 0.05) is 12.3 Å². The summed E-state index contributed by atoms with van der Waals surface area (Å²) in [4.78, 5) is 24.4. The summed E-state index contributed by atoms with van der Waals surface area (Å²) in [6.07, 6.45) is 8.60. The molecule has 0 aliphatic heterocycles. The van der Waals surface area contributed by atoms with Gasteiger partial charge < -0.3 is 5.11 Å². The molecule has 0 radical (unpaired) electrons. The molecule has 0 bridgehead atoms. The van der Waals surface area contributed by atoms with E-state index in [1.165, 1.54) is 32.1 Å². The van der Waals surface area contributed by atoms with Gasteiger partial charge >= 0.3 is 5.97 Å². The summed E-state index contributed by atoms with van der Waals surface area (Å²) in [5.74, 6) is 0.954. The van der Waals surface area contributed by atoms with Crippen LogP contribution in [0.15, 0.2) is 0 Å². The first-order valence-electron chi connectivity index (χ1n) is 11.2. The standard InChI is InChI=1S/C24H40O3/c1-15(21(26)27)8-9-17-16(2)18(25)14-20-23(17,5)13-10-19-22(3,4)11-7-12-24(19,20)6/h15-17,19-20H,7-14H2,1-6H3,(H,26,27). The first kappa shape index (κ1) is 20.9. The number of carbonyl (C=O) groups is 2. The molecule has 1 N–H and O–H groups in total. The van der Waals surface area contributed by atoms with Crippen molar-refractivity contribution in [2.75, 3.05) is 0 Å². The number of carboxylic acid groups (broad SMARTS) is 1. The van der Waals surface area contributed by atoms with Crippen LogP contribution < -0.4 is 0 Å². The van der Waals surface area contributed by atoms with Crippen molar-refractivity contribution in [2.45, 2.75) is 92.9 Å². The van der Waals surface area contributed by atoms with Crippen LogP contribution >= 0.6 is 0 Å². The molecule has 3 aliphatic carbocycles. The second-order valence-electron chi connectivity index (χ2n) is 11.4. The SMILES string of the molecule is CC(CCC1C(C)C(=O)CC2C1(C)CCC1C(C)(C)CCCC12C)C(=O)O. The summed E-state index contributed by atoms with van der Waals surface area (Å²) in [6, 6.07) is 0. The van der Waals surface area contributed by atoms with E-state index in [1.807, 2.05) is 0 Å². The van der Waals surface area contributed by atoms with Crippen molar-refractivity contribution < 1.29 is 14.7 Å². The molecule has 3 aliphatic rings. The zero-order chi connectivity index (χ0) is 20.2. The molecule has 7 atom stereocenters. The fourth-order valence-electron chi connectivity index (χ4n) is 7.91. The first-order valence-corrected chi connectivity index (χ1v) is 11.2. The zero-order valence-electron chi connectivity index (χ0n) is 18.3. The second kappa shape index (κ2) is 6.88. The minimum absolute atomic E-state index is 0.0731. The number of ketones is 1. The van der Waals surface area contributed by atoms with Crippen molar-refractivity contribution in [3.8, 4) is 0 Å². The number of hydrogen-bond donors (Lipinski definition) is 1. The van der Waals surface area contributed by atoms with E-state index >= 15 is 0 Å². The number of hydrogen-bond acceptors (Lipinski definition) is 2. The molecule has 0 aromatic carbocycles. The van der Waals surface area contributed by atoms with E-state index in [-0.39, 0.29) is 22.7 Å². The molecular weight excluding hydrogens is 336 g/mol. The maximum absolute atomic E-state index is 13.0. The number of carbonyl (C=O) groups excluding carboxylic acids is 1. The van der Waals surface area contributed by atoms with Gasteiger partial charge in [-0.2, -0.15) is 0 Å². The third-order valence-electron chi connectivity index (χ3n) is 9.54. The van der Waals surface area contributed by atoms with E-state index in [0.717, 1.165) is 12.8 Å². The lowest BCUT2D eigenvalue weighted by Gasteiger charge is -2.66. The molecule has 3 saturated carbocycles. The Morgan fingerprint density at radius 2 is 1.78 bits per heavy atom. The Bertz CT molecular complexity index is 609. The molecular formula is C24H40O3. The molecule has 0 spiro atoms. The average Bonchev–Trinajstić information content (AvgIpc) is 2.56. The second-order valence-corrected chi connectivity index (χ2v) is 11.4. The summed E-state index contributed by atoms with van der Waals surface area (Å²) >= 11 is 0. The summed E-state index contributed by atoms with van der Waals surface area (Å²) in [6.45, 7) is 13.7. The topological polar surface area (TPSA) is 54.4 Å². The molecule has 3 heteroatoms. The van der Waals surface area contributed by atoms with Crippen molar-refractivity contribution in [2.24, 2.45) is 45.8 Å². The predicted molar refractivity (Wildman–Crippen MR) is 108 cm³/mol. The molecule has 0 aromatic rings. The van der Waals surface area contributed by atoms with Gasteiger partial charge in [-0.1, -0.05) is 48.0 Å². The molecule has 0 aromatic heterocycles. The lowest BCUT2D eigenvalue weighted by atomic mass is 9.38. The van der Waals surface area contributed by atoms with Crippen molar-refractivity contribution in [1.29, 1.82) is 0 Å². The van der Waals surface area contributed by atoms with Gasteiger partial charge in [-0.25, -0.2) is 0 Å². The van der Waals surface area contributed by atoms with E-state index in [4.69, 9.17) is 0 Å². The van der Waals surface area contributed by atoms with Gasteiger partial charge in [0.15, 0.2) is 0 Å². The van der Waals surface area contributed by atoms with Gasteiger partial charge in [-0.15, -0.1) is 0 Å². The van der Waals surface area contributed by atoms with Gasteiger partial charge in [0.25, 0.3) is 0 Å². The van der Waals surface area contributed by atoms with Crippen LogP contribution in [0.1, 0.15) is 92.9 Å². The zero-order valence-corrected chi connectivity index (χ0v) is 18.3. The molecule has 3 nitrogen and oxygen atoms in total. The molecule has 27 heavy (non-hydrogen) atoms.